The topological polar surface area (TPSA) is 45.2 Å². The number of rotatable bonds is 2. The number of carbonyl (C=O) groups is 1. The molecule has 6 nitrogen and oxygen atoms in total. The monoisotopic (exact) mass is 359 g/mol. The van der Waals surface area contributed by atoms with Crippen molar-refractivity contribution in [3.63, 3.8) is 0 Å². The molecule has 6 heteroatoms. The van der Waals surface area contributed by atoms with E-state index >= 15 is 0 Å². The second-order valence-electron chi connectivity index (χ2n) is 8.05. The Balaban J connectivity index is 1.51. The lowest BCUT2D eigenvalue weighted by atomic mass is 9.86. The molecule has 0 bridgehead atoms. The molecular weight excluding hydrogens is 330 g/mol. The second kappa shape index (κ2) is 6.74. The van der Waals surface area contributed by atoms with Gasteiger partial charge in [-0.25, -0.2) is 0 Å². The number of fused-ring (bicyclic) bond motifs is 1. The van der Waals surface area contributed by atoms with Gasteiger partial charge in [0.05, 0.1) is 0 Å². The summed E-state index contributed by atoms with van der Waals surface area (Å²) in [6.07, 6.45) is 2.64. The van der Waals surface area contributed by atoms with Crippen LogP contribution in [0.3, 0.4) is 0 Å². The van der Waals surface area contributed by atoms with E-state index in [1.165, 1.54) is 11.1 Å². The van der Waals surface area contributed by atoms with Gasteiger partial charge >= 0.3 is 0 Å². The van der Waals surface area contributed by atoms with Crippen molar-refractivity contribution in [2.24, 2.45) is 0 Å². The van der Waals surface area contributed by atoms with Gasteiger partial charge in [0.15, 0.2) is 11.5 Å². The van der Waals surface area contributed by atoms with Gasteiger partial charge in [0.2, 0.25) is 12.7 Å². The summed E-state index contributed by atoms with van der Waals surface area (Å²) in [7, 11) is 4.15. The quantitative estimate of drug-likeness (QED) is 0.806. The molecule has 26 heavy (non-hydrogen) atoms. The minimum Gasteiger partial charge on any atom is -0.454 e. The molecule has 3 heterocycles. The van der Waals surface area contributed by atoms with Gasteiger partial charge in [0.1, 0.15) is 0 Å². The van der Waals surface area contributed by atoms with Crippen LogP contribution in [-0.4, -0.2) is 73.2 Å². The van der Waals surface area contributed by atoms with Gasteiger partial charge in [0.25, 0.3) is 0 Å². The Hall–Kier alpha value is -1.79. The summed E-state index contributed by atoms with van der Waals surface area (Å²) >= 11 is 0. The first kappa shape index (κ1) is 17.6. The van der Waals surface area contributed by atoms with Gasteiger partial charge in [-0.1, -0.05) is 0 Å². The third-order valence-corrected chi connectivity index (χ3v) is 6.45. The zero-order chi connectivity index (χ0) is 18.3. The molecule has 1 amide bonds. The van der Waals surface area contributed by atoms with Gasteiger partial charge in [0, 0.05) is 51.7 Å². The number of benzene rings is 1. The van der Waals surface area contributed by atoms with Crippen molar-refractivity contribution in [2.45, 2.75) is 38.3 Å². The molecule has 1 atom stereocenters. The summed E-state index contributed by atoms with van der Waals surface area (Å²) in [5.41, 5.74) is 2.65. The lowest BCUT2D eigenvalue weighted by Gasteiger charge is -2.49. The van der Waals surface area contributed by atoms with Gasteiger partial charge < -0.3 is 14.4 Å². The van der Waals surface area contributed by atoms with E-state index in [1.54, 1.807) is 0 Å². The fraction of sp³-hybridized carbons (Fsp3) is 0.650. The smallest absolute Gasteiger partial charge is 0.231 e. The van der Waals surface area contributed by atoms with Crippen LogP contribution in [-0.2, 0) is 11.3 Å². The van der Waals surface area contributed by atoms with Crippen molar-refractivity contribution >= 4 is 5.91 Å². The number of carbonyl (C=O) groups excluding carboxylic acids is 1. The van der Waals surface area contributed by atoms with Crippen LogP contribution in [0.1, 0.15) is 30.4 Å². The summed E-state index contributed by atoms with van der Waals surface area (Å²) < 4.78 is 11.0. The van der Waals surface area contributed by atoms with E-state index in [9.17, 15) is 4.79 Å². The number of hydrogen-bond acceptors (Lipinski definition) is 5. The largest absolute Gasteiger partial charge is 0.454 e. The Morgan fingerprint density at radius 1 is 1.08 bits per heavy atom. The van der Waals surface area contributed by atoms with E-state index < -0.39 is 0 Å². The highest BCUT2D eigenvalue weighted by atomic mass is 16.7. The zero-order valence-corrected chi connectivity index (χ0v) is 16.1. The molecule has 2 fully saturated rings. The van der Waals surface area contributed by atoms with E-state index in [0.29, 0.717) is 13.2 Å². The van der Waals surface area contributed by atoms with Crippen LogP contribution in [0.15, 0.2) is 12.1 Å². The predicted octanol–water partition coefficient (Wildman–Crippen LogP) is 1.85. The van der Waals surface area contributed by atoms with Crippen molar-refractivity contribution in [1.29, 1.82) is 0 Å². The summed E-state index contributed by atoms with van der Waals surface area (Å²) in [5.74, 6) is 1.99. The molecule has 1 unspecified atom stereocenters. The number of nitrogens with zero attached hydrogens (tertiary/aromatic N) is 3. The van der Waals surface area contributed by atoms with Crippen LogP contribution in [0.2, 0.25) is 0 Å². The van der Waals surface area contributed by atoms with Crippen LogP contribution in [0.4, 0.5) is 0 Å². The van der Waals surface area contributed by atoms with E-state index in [0.717, 1.165) is 57.1 Å². The first-order valence-corrected chi connectivity index (χ1v) is 9.53. The molecule has 4 rings (SSSR count). The standard InChI is InChI=1S/C20H29N3O3/c1-15-10-17-18(26-14-25-17)11-16(15)12-23-9-8-22(3)20(13-23)5-4-19(24)21(2)7-6-20/h10-11H,4-9,12-14H2,1-3H3. The van der Waals surface area contributed by atoms with Crippen molar-refractivity contribution in [3.8, 4) is 11.5 Å². The SMILES string of the molecule is Cc1cc2c(cc1CN1CCN(C)C3(CCC(=O)N(C)CC3)C1)OCO2. The molecule has 0 aromatic heterocycles. The van der Waals surface area contributed by atoms with Crippen LogP contribution in [0.5, 0.6) is 11.5 Å². The molecule has 3 aliphatic rings. The number of hydrogen-bond donors (Lipinski definition) is 0. The maximum absolute atomic E-state index is 12.1. The Bertz CT molecular complexity index is 708. The fourth-order valence-corrected chi connectivity index (χ4v) is 4.47. The summed E-state index contributed by atoms with van der Waals surface area (Å²) in [4.78, 5) is 19.1. The van der Waals surface area contributed by atoms with Crippen LogP contribution < -0.4 is 9.47 Å². The van der Waals surface area contributed by atoms with Crippen LogP contribution in [0.25, 0.3) is 0 Å². The summed E-state index contributed by atoms with van der Waals surface area (Å²) in [6, 6.07) is 4.22. The summed E-state index contributed by atoms with van der Waals surface area (Å²) in [5, 5.41) is 0. The van der Waals surface area contributed by atoms with E-state index in [2.05, 4.69) is 35.9 Å². The Morgan fingerprint density at radius 2 is 1.85 bits per heavy atom. The Morgan fingerprint density at radius 3 is 2.65 bits per heavy atom. The number of aryl methyl sites for hydroxylation is 1. The third-order valence-electron chi connectivity index (χ3n) is 6.45. The highest BCUT2D eigenvalue weighted by Gasteiger charge is 2.41. The minimum absolute atomic E-state index is 0.100. The van der Waals surface area contributed by atoms with Crippen LogP contribution >= 0.6 is 0 Å². The summed E-state index contributed by atoms with van der Waals surface area (Å²) in [6.45, 7) is 7.33. The first-order chi connectivity index (χ1) is 12.5. The molecule has 1 spiro atoms. The van der Waals surface area contributed by atoms with Crippen molar-refractivity contribution in [2.75, 3.05) is 47.1 Å². The predicted molar refractivity (Wildman–Crippen MR) is 99.4 cm³/mol. The third kappa shape index (κ3) is 3.16. The maximum Gasteiger partial charge on any atom is 0.231 e. The molecule has 1 aromatic carbocycles. The van der Waals surface area contributed by atoms with E-state index in [1.807, 2.05) is 11.9 Å². The fourth-order valence-electron chi connectivity index (χ4n) is 4.47. The molecular formula is C20H29N3O3. The lowest BCUT2D eigenvalue weighted by Crippen LogP contribution is -2.60. The average molecular weight is 359 g/mol. The molecule has 2 saturated heterocycles. The molecule has 142 valence electrons. The highest BCUT2D eigenvalue weighted by molar-refractivity contribution is 5.76. The van der Waals surface area contributed by atoms with Gasteiger partial charge in [-0.2, -0.15) is 0 Å². The second-order valence-corrected chi connectivity index (χ2v) is 8.05. The van der Waals surface area contributed by atoms with Crippen LogP contribution in [0, 0.1) is 6.92 Å². The number of likely N-dealkylation sites (tertiary alicyclic amines) is 1. The molecule has 1 aromatic rings. The van der Waals surface area contributed by atoms with Crippen molar-refractivity contribution in [3.05, 3.63) is 23.3 Å². The van der Waals surface area contributed by atoms with Crippen molar-refractivity contribution < 1.29 is 14.3 Å². The Labute approximate surface area is 155 Å². The number of ether oxygens (including phenoxy) is 2. The normalized spacial score (nSPS) is 27.2. The van der Waals surface area contributed by atoms with Gasteiger partial charge in [-0.3, -0.25) is 14.6 Å². The average Bonchev–Trinajstić information content (AvgIpc) is 3.02. The van der Waals surface area contributed by atoms with E-state index in [-0.39, 0.29) is 11.4 Å². The molecule has 0 radical (unpaired) electrons. The van der Waals surface area contributed by atoms with Gasteiger partial charge in [-0.05, 0) is 50.1 Å². The molecule has 0 aliphatic carbocycles. The molecule has 0 N–H and O–H groups in total. The van der Waals surface area contributed by atoms with Crippen molar-refractivity contribution in [1.82, 2.24) is 14.7 Å². The number of amides is 1. The zero-order valence-electron chi connectivity index (χ0n) is 16.1. The highest BCUT2D eigenvalue weighted by Crippen LogP contribution is 2.36. The number of likely N-dealkylation sites (N-methyl/N-ethyl adjacent to an activating group) is 1. The lowest BCUT2D eigenvalue weighted by molar-refractivity contribution is -0.129. The molecule has 3 aliphatic heterocycles. The molecule has 0 saturated carbocycles. The maximum atomic E-state index is 12.1. The first-order valence-electron chi connectivity index (χ1n) is 9.53. The van der Waals surface area contributed by atoms with E-state index in [4.69, 9.17) is 9.47 Å². The Kier molecular flexibility index (Phi) is 4.57. The van der Waals surface area contributed by atoms with Gasteiger partial charge in [-0.15, -0.1) is 0 Å². The number of piperazine rings is 1. The minimum atomic E-state index is 0.100.